The van der Waals surface area contributed by atoms with Crippen molar-refractivity contribution in [2.75, 3.05) is 5.32 Å². The van der Waals surface area contributed by atoms with Crippen LogP contribution in [0.25, 0.3) is 0 Å². The summed E-state index contributed by atoms with van der Waals surface area (Å²) in [6, 6.07) is 1.89. The fourth-order valence-electron chi connectivity index (χ4n) is 1.62. The molecule has 0 unspecified atom stereocenters. The fourth-order valence-corrected chi connectivity index (χ4v) is 2.76. The predicted molar refractivity (Wildman–Crippen MR) is 70.3 cm³/mol. The van der Waals surface area contributed by atoms with Gasteiger partial charge in [0, 0.05) is 10.9 Å². The normalized spacial score (nSPS) is 10.7. The molecule has 2 rings (SSSR count). The van der Waals surface area contributed by atoms with Gasteiger partial charge in [0.05, 0.1) is 28.0 Å². The zero-order chi connectivity index (χ0) is 13.3. The lowest BCUT2D eigenvalue weighted by atomic mass is 10.3. The standard InChI is InChI=1S/C12H11ClF2N2S/c1-6-11(18-7(2)17-6)5-16-12-9(13)3-8(14)4-10(12)15/h3-4,16H,5H2,1-2H3. The molecule has 1 N–H and O–H groups in total. The number of hydrogen-bond donors (Lipinski definition) is 1. The SMILES string of the molecule is Cc1nc(C)c(CNc2c(F)cc(F)cc2Cl)s1. The second-order valence-corrected chi connectivity index (χ2v) is 5.53. The van der Waals surface area contributed by atoms with Gasteiger partial charge in [-0.25, -0.2) is 13.8 Å². The van der Waals surface area contributed by atoms with E-state index in [1.807, 2.05) is 13.8 Å². The molecule has 0 aliphatic rings. The lowest BCUT2D eigenvalue weighted by molar-refractivity contribution is 0.585. The molecule has 0 saturated carbocycles. The van der Waals surface area contributed by atoms with Crippen molar-refractivity contribution in [1.82, 2.24) is 4.98 Å². The van der Waals surface area contributed by atoms with Gasteiger partial charge in [-0.15, -0.1) is 11.3 Å². The van der Waals surface area contributed by atoms with Crippen LogP contribution < -0.4 is 5.32 Å². The van der Waals surface area contributed by atoms with Crippen LogP contribution in [0.5, 0.6) is 0 Å². The van der Waals surface area contributed by atoms with Crippen molar-refractivity contribution >= 4 is 28.6 Å². The lowest BCUT2D eigenvalue weighted by Crippen LogP contribution is -2.02. The van der Waals surface area contributed by atoms with Crippen molar-refractivity contribution in [1.29, 1.82) is 0 Å². The highest BCUT2D eigenvalue weighted by Gasteiger charge is 2.11. The Hall–Kier alpha value is -1.20. The first-order chi connectivity index (χ1) is 8.47. The van der Waals surface area contributed by atoms with Crippen molar-refractivity contribution in [3.8, 4) is 0 Å². The molecule has 1 aromatic heterocycles. The highest BCUT2D eigenvalue weighted by atomic mass is 35.5. The van der Waals surface area contributed by atoms with Crippen molar-refractivity contribution in [2.24, 2.45) is 0 Å². The molecule has 0 aliphatic heterocycles. The van der Waals surface area contributed by atoms with Gasteiger partial charge in [-0.3, -0.25) is 0 Å². The molecule has 0 aliphatic carbocycles. The Balaban J connectivity index is 2.18. The number of nitrogens with one attached hydrogen (secondary N) is 1. The summed E-state index contributed by atoms with van der Waals surface area (Å²) in [6.45, 7) is 4.22. The zero-order valence-corrected chi connectivity index (χ0v) is 11.4. The van der Waals surface area contributed by atoms with Gasteiger partial charge in [0.2, 0.25) is 0 Å². The molecule has 0 spiro atoms. The van der Waals surface area contributed by atoms with Gasteiger partial charge in [0.1, 0.15) is 5.82 Å². The molecule has 0 amide bonds. The van der Waals surface area contributed by atoms with Crippen molar-refractivity contribution in [3.63, 3.8) is 0 Å². The first-order valence-electron chi connectivity index (χ1n) is 5.28. The quantitative estimate of drug-likeness (QED) is 0.910. The average Bonchev–Trinajstić information content (AvgIpc) is 2.55. The summed E-state index contributed by atoms with van der Waals surface area (Å²) in [4.78, 5) is 5.28. The second kappa shape index (κ2) is 5.20. The maximum Gasteiger partial charge on any atom is 0.150 e. The van der Waals surface area contributed by atoms with E-state index in [2.05, 4.69) is 10.3 Å². The van der Waals surface area contributed by atoms with Crippen molar-refractivity contribution in [3.05, 3.63) is 44.4 Å². The smallest absolute Gasteiger partial charge is 0.150 e. The summed E-state index contributed by atoms with van der Waals surface area (Å²) >= 11 is 7.33. The van der Waals surface area contributed by atoms with Gasteiger partial charge >= 0.3 is 0 Å². The molecule has 2 aromatic rings. The number of hydrogen-bond acceptors (Lipinski definition) is 3. The van der Waals surface area contributed by atoms with E-state index in [-0.39, 0.29) is 10.7 Å². The predicted octanol–water partition coefficient (Wildman–Crippen LogP) is 4.30. The number of nitrogens with zero attached hydrogens (tertiary/aromatic N) is 1. The summed E-state index contributed by atoms with van der Waals surface area (Å²) in [6.07, 6.45) is 0. The Kier molecular flexibility index (Phi) is 3.82. The Bertz CT molecular complexity index is 560. The summed E-state index contributed by atoms with van der Waals surface area (Å²) in [5.74, 6) is -1.38. The molecule has 1 aromatic carbocycles. The number of benzene rings is 1. The molecule has 1 heterocycles. The van der Waals surface area contributed by atoms with E-state index in [4.69, 9.17) is 11.6 Å². The molecule has 18 heavy (non-hydrogen) atoms. The van der Waals surface area contributed by atoms with Crippen LogP contribution in [-0.2, 0) is 6.54 Å². The summed E-state index contributed by atoms with van der Waals surface area (Å²) < 4.78 is 26.4. The minimum absolute atomic E-state index is 0.0337. The minimum atomic E-state index is -0.695. The molecular formula is C12H11ClF2N2S. The highest BCUT2D eigenvalue weighted by molar-refractivity contribution is 7.11. The molecule has 0 radical (unpaired) electrons. The van der Waals surface area contributed by atoms with E-state index in [9.17, 15) is 8.78 Å². The van der Waals surface area contributed by atoms with E-state index < -0.39 is 11.6 Å². The Labute approximate surface area is 113 Å². The maximum atomic E-state index is 13.5. The van der Waals surface area contributed by atoms with Gasteiger partial charge < -0.3 is 5.32 Å². The average molecular weight is 289 g/mol. The third-order valence-electron chi connectivity index (χ3n) is 2.43. The number of anilines is 1. The van der Waals surface area contributed by atoms with Crippen LogP contribution in [0.2, 0.25) is 5.02 Å². The van der Waals surface area contributed by atoms with Gasteiger partial charge in [-0.05, 0) is 19.9 Å². The lowest BCUT2D eigenvalue weighted by Gasteiger charge is -2.09. The van der Waals surface area contributed by atoms with E-state index in [0.29, 0.717) is 6.54 Å². The maximum absolute atomic E-state index is 13.5. The largest absolute Gasteiger partial charge is 0.376 e. The first-order valence-corrected chi connectivity index (χ1v) is 6.48. The highest BCUT2D eigenvalue weighted by Crippen LogP contribution is 2.27. The Morgan fingerprint density at radius 2 is 2.06 bits per heavy atom. The van der Waals surface area contributed by atoms with E-state index >= 15 is 0 Å². The van der Waals surface area contributed by atoms with Crippen LogP contribution >= 0.6 is 22.9 Å². The van der Waals surface area contributed by atoms with Crippen molar-refractivity contribution < 1.29 is 8.78 Å². The van der Waals surface area contributed by atoms with Crippen LogP contribution in [0, 0.1) is 25.5 Å². The molecular weight excluding hydrogens is 278 g/mol. The van der Waals surface area contributed by atoms with E-state index in [0.717, 1.165) is 27.7 Å². The van der Waals surface area contributed by atoms with Gasteiger partial charge in [0.25, 0.3) is 0 Å². The van der Waals surface area contributed by atoms with E-state index in [1.54, 1.807) is 0 Å². The molecule has 2 nitrogen and oxygen atoms in total. The summed E-state index contributed by atoms with van der Waals surface area (Å²) in [7, 11) is 0. The molecule has 6 heteroatoms. The molecule has 0 bridgehead atoms. The second-order valence-electron chi connectivity index (χ2n) is 3.84. The van der Waals surface area contributed by atoms with Crippen LogP contribution in [0.4, 0.5) is 14.5 Å². The summed E-state index contributed by atoms with van der Waals surface area (Å²) in [5.41, 5.74) is 1.02. The number of aryl methyl sites for hydroxylation is 2. The Morgan fingerprint density at radius 3 is 2.61 bits per heavy atom. The third kappa shape index (κ3) is 2.79. The first kappa shape index (κ1) is 13.2. The number of halogens is 3. The molecule has 0 fully saturated rings. The number of aromatic nitrogens is 1. The van der Waals surface area contributed by atoms with Gasteiger partial charge in [0.15, 0.2) is 5.82 Å². The fraction of sp³-hybridized carbons (Fsp3) is 0.250. The molecule has 96 valence electrons. The van der Waals surface area contributed by atoms with Crippen LogP contribution in [0.15, 0.2) is 12.1 Å². The summed E-state index contributed by atoms with van der Waals surface area (Å²) in [5, 5.41) is 3.86. The topological polar surface area (TPSA) is 24.9 Å². The van der Waals surface area contributed by atoms with Crippen LogP contribution in [-0.4, -0.2) is 4.98 Å². The van der Waals surface area contributed by atoms with Crippen LogP contribution in [0.3, 0.4) is 0 Å². The number of thiazole rings is 1. The zero-order valence-electron chi connectivity index (χ0n) is 9.85. The third-order valence-corrected chi connectivity index (χ3v) is 3.80. The van der Waals surface area contributed by atoms with Crippen LogP contribution in [0.1, 0.15) is 15.6 Å². The molecule has 0 saturated heterocycles. The van der Waals surface area contributed by atoms with Gasteiger partial charge in [-0.2, -0.15) is 0 Å². The molecule has 0 atom stereocenters. The monoisotopic (exact) mass is 288 g/mol. The van der Waals surface area contributed by atoms with Crippen molar-refractivity contribution in [2.45, 2.75) is 20.4 Å². The number of rotatable bonds is 3. The minimum Gasteiger partial charge on any atom is -0.376 e. The van der Waals surface area contributed by atoms with E-state index in [1.165, 1.54) is 11.3 Å². The Morgan fingerprint density at radius 1 is 1.33 bits per heavy atom. The van der Waals surface area contributed by atoms with Gasteiger partial charge in [-0.1, -0.05) is 11.6 Å².